The molecule has 0 unspecified atom stereocenters. The summed E-state index contributed by atoms with van der Waals surface area (Å²) in [5.41, 5.74) is -0.803. The topological polar surface area (TPSA) is 123 Å². The van der Waals surface area contributed by atoms with Gasteiger partial charge in [0.25, 0.3) is 5.91 Å². The van der Waals surface area contributed by atoms with Crippen LogP contribution in [-0.4, -0.2) is 54.1 Å². The number of rotatable bonds is 6. The Morgan fingerprint density at radius 3 is 2.53 bits per heavy atom. The van der Waals surface area contributed by atoms with Gasteiger partial charge in [0.05, 0.1) is 29.8 Å². The summed E-state index contributed by atoms with van der Waals surface area (Å²) in [6.45, 7) is 10.6. The summed E-state index contributed by atoms with van der Waals surface area (Å²) in [6.07, 6.45) is -0.195. The third-order valence-corrected chi connectivity index (χ3v) is 5.96. The van der Waals surface area contributed by atoms with Gasteiger partial charge in [-0.15, -0.1) is 0 Å². The number of alkyl halides is 1. The van der Waals surface area contributed by atoms with Crippen LogP contribution < -0.4 is 20.1 Å². The van der Waals surface area contributed by atoms with Crippen molar-refractivity contribution >= 4 is 22.8 Å². The van der Waals surface area contributed by atoms with Gasteiger partial charge in [0.1, 0.15) is 24.0 Å². The summed E-state index contributed by atoms with van der Waals surface area (Å²) in [7, 11) is 1.45. The van der Waals surface area contributed by atoms with Crippen molar-refractivity contribution in [1.82, 2.24) is 15.6 Å². The summed E-state index contributed by atoms with van der Waals surface area (Å²) in [5, 5.41) is 16.1. The van der Waals surface area contributed by atoms with E-state index in [1.54, 1.807) is 46.8 Å². The van der Waals surface area contributed by atoms with Crippen molar-refractivity contribution in [3.05, 3.63) is 29.5 Å². The Bertz CT molecular complexity index is 1330. The molecule has 1 aromatic heterocycles. The van der Waals surface area contributed by atoms with Crippen molar-refractivity contribution in [3.8, 4) is 29.5 Å². The molecular weight excluding hydrogens is 491 g/mol. The maximum absolute atomic E-state index is 14.2. The lowest BCUT2D eigenvalue weighted by atomic mass is 9.97. The summed E-state index contributed by atoms with van der Waals surface area (Å²) >= 11 is 0. The molecule has 0 aliphatic carbocycles. The summed E-state index contributed by atoms with van der Waals surface area (Å²) in [6, 6.07) is 4.87. The SMILES string of the molecule is CC[C@@H]1[C@H](F)C(=O)N[C@@H]1COc1ncc(C#CC(C)(C)NC(=O)OC(C)(C)C)c2cc(C#N)c(OC)cc12. The van der Waals surface area contributed by atoms with Crippen LogP contribution in [0.25, 0.3) is 10.8 Å². The Kier molecular flexibility index (Phi) is 8.36. The van der Waals surface area contributed by atoms with Gasteiger partial charge in [0, 0.05) is 22.9 Å². The number of benzene rings is 1. The number of hydrogen-bond donors (Lipinski definition) is 2. The zero-order valence-electron chi connectivity index (χ0n) is 22.7. The van der Waals surface area contributed by atoms with E-state index in [1.165, 1.54) is 13.3 Å². The van der Waals surface area contributed by atoms with Crippen LogP contribution in [-0.2, 0) is 9.53 Å². The third kappa shape index (κ3) is 6.63. The van der Waals surface area contributed by atoms with Crippen LogP contribution in [0.2, 0.25) is 0 Å². The van der Waals surface area contributed by atoms with Gasteiger partial charge in [-0.25, -0.2) is 14.2 Å². The maximum Gasteiger partial charge on any atom is 0.408 e. The van der Waals surface area contributed by atoms with Crippen molar-refractivity contribution in [2.24, 2.45) is 5.92 Å². The van der Waals surface area contributed by atoms with E-state index in [-0.39, 0.29) is 12.5 Å². The fraction of sp³-hybridized carbons (Fsp3) is 0.500. The highest BCUT2D eigenvalue weighted by Gasteiger charge is 2.41. The predicted molar refractivity (Wildman–Crippen MR) is 139 cm³/mol. The van der Waals surface area contributed by atoms with Crippen LogP contribution in [0.3, 0.4) is 0 Å². The Labute approximate surface area is 222 Å². The minimum atomic E-state index is -1.58. The molecule has 2 aromatic rings. The minimum absolute atomic E-state index is 0.0208. The van der Waals surface area contributed by atoms with Crippen molar-refractivity contribution in [2.45, 2.75) is 71.3 Å². The highest BCUT2D eigenvalue weighted by molar-refractivity contribution is 5.94. The summed E-state index contributed by atoms with van der Waals surface area (Å²) in [4.78, 5) is 28.5. The van der Waals surface area contributed by atoms with E-state index in [0.717, 1.165) is 0 Å². The van der Waals surface area contributed by atoms with Gasteiger partial charge in [0.15, 0.2) is 6.17 Å². The molecule has 2 N–H and O–H groups in total. The average molecular weight is 525 g/mol. The van der Waals surface area contributed by atoms with E-state index in [1.807, 2.05) is 6.92 Å². The third-order valence-electron chi connectivity index (χ3n) is 5.96. The summed E-state index contributed by atoms with van der Waals surface area (Å²) in [5.74, 6) is 5.48. The molecule has 2 amide bonds. The molecule has 0 spiro atoms. The molecule has 3 rings (SSSR count). The molecule has 202 valence electrons. The number of halogens is 1. The second-order valence-corrected chi connectivity index (χ2v) is 10.6. The first kappa shape index (κ1) is 28.5. The molecule has 10 heteroatoms. The molecule has 9 nitrogen and oxygen atoms in total. The zero-order chi connectivity index (χ0) is 28.3. The molecule has 0 radical (unpaired) electrons. The number of hydrogen-bond acceptors (Lipinski definition) is 7. The molecule has 1 aromatic carbocycles. The second kappa shape index (κ2) is 11.1. The van der Waals surface area contributed by atoms with E-state index >= 15 is 0 Å². The number of ether oxygens (including phenoxy) is 3. The number of alkyl carbamates (subject to hydrolysis) is 1. The molecule has 0 bridgehead atoms. The normalized spacial score (nSPS) is 19.1. The van der Waals surface area contributed by atoms with Gasteiger partial charge in [0.2, 0.25) is 5.88 Å². The standard InChI is InChI=1S/C28H33FN4O5/c1-8-18-21(32-24(34)23(18)29)15-37-25-20-12-22(36-7)17(13-30)11-19(20)16(14-31-25)9-10-28(5,6)33-26(35)38-27(2,3)4/h11-12,14,18,21,23H,8,15H2,1-7H3,(H,32,34)(H,33,35)/t18-,21+,23-/m0/s1. The van der Waals surface area contributed by atoms with Crippen LogP contribution in [0.1, 0.15) is 59.1 Å². The molecule has 1 fully saturated rings. The van der Waals surface area contributed by atoms with E-state index in [0.29, 0.717) is 34.1 Å². The quantitative estimate of drug-likeness (QED) is 0.548. The van der Waals surface area contributed by atoms with Crippen LogP contribution in [0, 0.1) is 29.1 Å². The highest BCUT2D eigenvalue weighted by Crippen LogP contribution is 2.33. The molecule has 1 aliphatic heterocycles. The first-order valence-corrected chi connectivity index (χ1v) is 12.3. The molecule has 1 saturated heterocycles. The number of fused-ring (bicyclic) bond motifs is 1. The molecular formula is C28H33FN4O5. The second-order valence-electron chi connectivity index (χ2n) is 10.6. The lowest BCUT2D eigenvalue weighted by Crippen LogP contribution is -2.44. The van der Waals surface area contributed by atoms with E-state index in [2.05, 4.69) is 33.5 Å². The molecule has 38 heavy (non-hydrogen) atoms. The van der Waals surface area contributed by atoms with Gasteiger partial charge in [-0.3, -0.25) is 4.79 Å². The van der Waals surface area contributed by atoms with Gasteiger partial charge in [-0.2, -0.15) is 5.26 Å². The van der Waals surface area contributed by atoms with Gasteiger partial charge < -0.3 is 24.8 Å². The zero-order valence-corrected chi connectivity index (χ0v) is 22.7. The number of aromatic nitrogens is 1. The Morgan fingerprint density at radius 2 is 1.92 bits per heavy atom. The van der Waals surface area contributed by atoms with E-state index in [4.69, 9.17) is 14.2 Å². The van der Waals surface area contributed by atoms with Crippen molar-refractivity contribution in [1.29, 1.82) is 5.26 Å². The van der Waals surface area contributed by atoms with Crippen molar-refractivity contribution < 1.29 is 28.2 Å². The van der Waals surface area contributed by atoms with E-state index in [9.17, 15) is 19.2 Å². The Morgan fingerprint density at radius 1 is 1.21 bits per heavy atom. The lowest BCUT2D eigenvalue weighted by molar-refractivity contribution is -0.123. The van der Waals surface area contributed by atoms with Gasteiger partial charge in [-0.05, 0) is 53.2 Å². The van der Waals surface area contributed by atoms with Gasteiger partial charge in [-0.1, -0.05) is 18.8 Å². The molecule has 1 aliphatic rings. The number of amides is 2. The molecule has 0 saturated carbocycles. The van der Waals surface area contributed by atoms with Crippen LogP contribution in [0.4, 0.5) is 9.18 Å². The van der Waals surface area contributed by atoms with Crippen molar-refractivity contribution in [2.75, 3.05) is 13.7 Å². The van der Waals surface area contributed by atoms with Gasteiger partial charge >= 0.3 is 6.09 Å². The highest BCUT2D eigenvalue weighted by atomic mass is 19.1. The number of carbonyl (C=O) groups excluding carboxylic acids is 2. The van der Waals surface area contributed by atoms with Crippen molar-refractivity contribution in [3.63, 3.8) is 0 Å². The Balaban J connectivity index is 1.96. The smallest absolute Gasteiger partial charge is 0.408 e. The average Bonchev–Trinajstić information content (AvgIpc) is 3.11. The molecule has 2 heterocycles. The van der Waals surface area contributed by atoms with Crippen LogP contribution in [0.15, 0.2) is 18.3 Å². The monoisotopic (exact) mass is 524 g/mol. The number of methoxy groups -OCH3 is 1. The minimum Gasteiger partial charge on any atom is -0.495 e. The Hall–Kier alpha value is -4.05. The first-order chi connectivity index (χ1) is 17.8. The molecule has 3 atom stereocenters. The number of nitrogens with zero attached hydrogens (tertiary/aromatic N) is 2. The van der Waals surface area contributed by atoms with E-state index < -0.39 is 41.3 Å². The number of pyridine rings is 1. The fourth-order valence-corrected chi connectivity index (χ4v) is 4.12. The number of nitriles is 1. The van der Waals surface area contributed by atoms with Crippen LogP contribution >= 0.6 is 0 Å². The number of nitrogens with one attached hydrogen (secondary N) is 2. The lowest BCUT2D eigenvalue weighted by Gasteiger charge is -2.24. The fourth-order valence-electron chi connectivity index (χ4n) is 4.12. The first-order valence-electron chi connectivity index (χ1n) is 12.3. The predicted octanol–water partition coefficient (Wildman–Crippen LogP) is 4.01. The number of carbonyl (C=O) groups is 2. The van der Waals surface area contributed by atoms with Crippen LogP contribution in [0.5, 0.6) is 11.6 Å². The maximum atomic E-state index is 14.2. The largest absolute Gasteiger partial charge is 0.495 e. The summed E-state index contributed by atoms with van der Waals surface area (Å²) < 4.78 is 30.8.